The summed E-state index contributed by atoms with van der Waals surface area (Å²) < 4.78 is 0. The summed E-state index contributed by atoms with van der Waals surface area (Å²) in [7, 11) is 0. The van der Waals surface area contributed by atoms with E-state index in [1.165, 1.54) is 60.8 Å². The van der Waals surface area contributed by atoms with Gasteiger partial charge in [-0.1, -0.05) is 163 Å². The fourth-order valence-electron chi connectivity index (χ4n) is 6.63. The number of fused-ring (bicyclic) bond motifs is 1. The monoisotopic (exact) mass is 613 g/mol. The van der Waals surface area contributed by atoms with Crippen LogP contribution in [0.4, 0.5) is 17.1 Å². The topological polar surface area (TPSA) is 3.24 Å². The smallest absolute Gasteiger partial charge is 0.0540 e. The molecule has 0 saturated heterocycles. The molecule has 48 heavy (non-hydrogen) atoms. The molecule has 0 aliphatic carbocycles. The second-order valence-electron chi connectivity index (χ2n) is 12.3. The molecule has 0 aromatic heterocycles. The van der Waals surface area contributed by atoms with Crippen LogP contribution < -0.4 is 4.90 Å². The third-order valence-corrected chi connectivity index (χ3v) is 9.17. The normalized spacial score (nSPS) is 11.0. The van der Waals surface area contributed by atoms with Crippen molar-refractivity contribution in [3.63, 3.8) is 0 Å². The zero-order valence-corrected chi connectivity index (χ0v) is 26.9. The SMILES string of the molecule is Cc1ccc(-c2ccc(N(c3ccc(-c4ccc(-c5ccccc5)c(-c5ccccc5)c4)cc3)c3cccc4ccccc34)cc2)cc1. The van der Waals surface area contributed by atoms with Crippen LogP contribution in [0, 0.1) is 6.92 Å². The molecule has 0 bridgehead atoms. The van der Waals surface area contributed by atoms with Gasteiger partial charge in [-0.15, -0.1) is 0 Å². The van der Waals surface area contributed by atoms with Crippen molar-refractivity contribution in [2.45, 2.75) is 6.92 Å². The number of nitrogens with zero attached hydrogens (tertiary/aromatic N) is 1. The minimum Gasteiger partial charge on any atom is -0.310 e. The van der Waals surface area contributed by atoms with Crippen LogP contribution in [-0.4, -0.2) is 0 Å². The lowest BCUT2D eigenvalue weighted by Crippen LogP contribution is -2.10. The van der Waals surface area contributed by atoms with Gasteiger partial charge in [0.05, 0.1) is 5.69 Å². The Morgan fingerprint density at radius 2 is 0.812 bits per heavy atom. The fourth-order valence-corrected chi connectivity index (χ4v) is 6.63. The van der Waals surface area contributed by atoms with Crippen molar-refractivity contribution < 1.29 is 0 Å². The van der Waals surface area contributed by atoms with E-state index in [9.17, 15) is 0 Å². The molecule has 0 spiro atoms. The van der Waals surface area contributed by atoms with E-state index in [1.54, 1.807) is 0 Å². The zero-order chi connectivity index (χ0) is 32.3. The van der Waals surface area contributed by atoms with E-state index in [4.69, 9.17) is 0 Å². The Labute approximate surface area is 283 Å². The average Bonchev–Trinajstić information content (AvgIpc) is 3.16. The minimum absolute atomic E-state index is 1.11. The summed E-state index contributed by atoms with van der Waals surface area (Å²) in [5, 5.41) is 2.44. The fraction of sp³-hybridized carbons (Fsp3) is 0.0213. The van der Waals surface area contributed by atoms with Gasteiger partial charge in [0, 0.05) is 16.8 Å². The number of anilines is 3. The maximum absolute atomic E-state index is 2.37. The van der Waals surface area contributed by atoms with Gasteiger partial charge < -0.3 is 4.90 Å². The highest BCUT2D eigenvalue weighted by atomic mass is 15.1. The van der Waals surface area contributed by atoms with Crippen LogP contribution >= 0.6 is 0 Å². The van der Waals surface area contributed by atoms with Gasteiger partial charge in [-0.25, -0.2) is 0 Å². The molecule has 1 heteroatoms. The number of benzene rings is 8. The Bertz CT molecular complexity index is 2300. The van der Waals surface area contributed by atoms with Crippen LogP contribution in [0.1, 0.15) is 5.56 Å². The minimum atomic E-state index is 1.11. The molecule has 1 nitrogen and oxygen atoms in total. The Morgan fingerprint density at radius 1 is 0.333 bits per heavy atom. The highest BCUT2D eigenvalue weighted by molar-refractivity contribution is 5.99. The molecule has 0 aliphatic heterocycles. The van der Waals surface area contributed by atoms with E-state index in [1.807, 2.05) is 0 Å². The van der Waals surface area contributed by atoms with Gasteiger partial charge in [0.25, 0.3) is 0 Å². The van der Waals surface area contributed by atoms with E-state index in [2.05, 4.69) is 206 Å². The highest BCUT2D eigenvalue weighted by Crippen LogP contribution is 2.41. The lowest BCUT2D eigenvalue weighted by molar-refractivity contribution is 1.30. The van der Waals surface area contributed by atoms with Crippen LogP contribution in [0.3, 0.4) is 0 Å². The van der Waals surface area contributed by atoms with Crippen molar-refractivity contribution in [1.82, 2.24) is 0 Å². The maximum atomic E-state index is 2.37. The Balaban J connectivity index is 1.21. The van der Waals surface area contributed by atoms with E-state index in [0.29, 0.717) is 0 Å². The zero-order valence-electron chi connectivity index (χ0n) is 26.9. The first-order chi connectivity index (χ1) is 23.7. The lowest BCUT2D eigenvalue weighted by atomic mass is 9.91. The van der Waals surface area contributed by atoms with E-state index in [-0.39, 0.29) is 0 Å². The molecular formula is C47H35N. The van der Waals surface area contributed by atoms with Gasteiger partial charge in [0.15, 0.2) is 0 Å². The molecule has 0 saturated carbocycles. The predicted molar refractivity (Wildman–Crippen MR) is 205 cm³/mol. The third-order valence-electron chi connectivity index (χ3n) is 9.17. The molecule has 0 amide bonds. The summed E-state index contributed by atoms with van der Waals surface area (Å²) in [6.45, 7) is 2.13. The number of rotatable bonds is 7. The van der Waals surface area contributed by atoms with Crippen molar-refractivity contribution in [1.29, 1.82) is 0 Å². The quantitative estimate of drug-likeness (QED) is 0.173. The summed E-state index contributed by atoms with van der Waals surface area (Å²) in [6.07, 6.45) is 0. The predicted octanol–water partition coefficient (Wildman–Crippen LogP) is 13.3. The van der Waals surface area contributed by atoms with Crippen LogP contribution in [0.15, 0.2) is 194 Å². The molecule has 8 aromatic carbocycles. The Hall–Kier alpha value is -6.18. The van der Waals surface area contributed by atoms with Gasteiger partial charge in [-0.3, -0.25) is 0 Å². The van der Waals surface area contributed by atoms with Crippen molar-refractivity contribution in [3.05, 3.63) is 200 Å². The highest BCUT2D eigenvalue weighted by Gasteiger charge is 2.16. The summed E-state index contributed by atoms with van der Waals surface area (Å²) in [5.74, 6) is 0. The number of hydrogen-bond donors (Lipinski definition) is 0. The van der Waals surface area contributed by atoms with Crippen molar-refractivity contribution in [3.8, 4) is 44.5 Å². The van der Waals surface area contributed by atoms with Gasteiger partial charge in [-0.2, -0.15) is 0 Å². The molecule has 8 rings (SSSR count). The van der Waals surface area contributed by atoms with Crippen molar-refractivity contribution in [2.24, 2.45) is 0 Å². The first-order valence-corrected chi connectivity index (χ1v) is 16.5. The molecule has 0 atom stereocenters. The molecule has 0 radical (unpaired) electrons. The molecule has 0 aliphatic rings. The van der Waals surface area contributed by atoms with Gasteiger partial charge in [0.2, 0.25) is 0 Å². The summed E-state index contributed by atoms with van der Waals surface area (Å²) in [4.78, 5) is 2.37. The van der Waals surface area contributed by atoms with E-state index < -0.39 is 0 Å². The van der Waals surface area contributed by atoms with Crippen LogP contribution in [0.2, 0.25) is 0 Å². The van der Waals surface area contributed by atoms with Crippen LogP contribution in [0.25, 0.3) is 55.3 Å². The second kappa shape index (κ2) is 12.9. The van der Waals surface area contributed by atoms with Crippen molar-refractivity contribution in [2.75, 3.05) is 4.90 Å². The molecule has 228 valence electrons. The van der Waals surface area contributed by atoms with Gasteiger partial charge in [0.1, 0.15) is 0 Å². The van der Waals surface area contributed by atoms with Gasteiger partial charge >= 0.3 is 0 Å². The average molecular weight is 614 g/mol. The lowest BCUT2D eigenvalue weighted by Gasteiger charge is -2.27. The summed E-state index contributed by atoms with van der Waals surface area (Å²) in [6, 6.07) is 70.0. The first-order valence-electron chi connectivity index (χ1n) is 16.5. The molecular weight excluding hydrogens is 579 g/mol. The van der Waals surface area contributed by atoms with Crippen molar-refractivity contribution >= 4 is 27.8 Å². The second-order valence-corrected chi connectivity index (χ2v) is 12.3. The summed E-state index contributed by atoms with van der Waals surface area (Å²) in [5.41, 5.74) is 14.4. The number of aryl methyl sites for hydroxylation is 1. The van der Waals surface area contributed by atoms with E-state index >= 15 is 0 Å². The Kier molecular flexibility index (Phi) is 7.86. The molecule has 0 N–H and O–H groups in total. The Morgan fingerprint density at radius 3 is 1.44 bits per heavy atom. The maximum Gasteiger partial charge on any atom is 0.0540 e. The molecule has 0 fully saturated rings. The van der Waals surface area contributed by atoms with Crippen LogP contribution in [0.5, 0.6) is 0 Å². The van der Waals surface area contributed by atoms with Crippen LogP contribution in [-0.2, 0) is 0 Å². The van der Waals surface area contributed by atoms with E-state index in [0.717, 1.165) is 17.1 Å². The molecule has 0 unspecified atom stereocenters. The molecule has 0 heterocycles. The molecule has 8 aromatic rings. The standard InChI is InChI=1S/C47H35N/c1-34-19-21-35(22-20-34)36-23-28-42(29-24-36)48(47-18-10-16-39-15-8-9-17-45(39)47)43-30-25-37(26-31-43)41-27-32-44(38-11-4-2-5-12-38)46(33-41)40-13-6-3-7-14-40/h2-33H,1H3. The third kappa shape index (κ3) is 5.79. The number of hydrogen-bond acceptors (Lipinski definition) is 1. The largest absolute Gasteiger partial charge is 0.310 e. The first kappa shape index (κ1) is 29.2. The van der Waals surface area contributed by atoms with Gasteiger partial charge in [-0.05, 0) is 93.2 Å². The summed E-state index contributed by atoms with van der Waals surface area (Å²) >= 11 is 0.